The molecule has 1 aliphatic carbocycles. The van der Waals surface area contributed by atoms with Crippen LogP contribution in [0.4, 0.5) is 0 Å². The van der Waals surface area contributed by atoms with Crippen LogP contribution in [0.15, 0.2) is 23.8 Å². The number of rotatable bonds is 1. The van der Waals surface area contributed by atoms with Crippen LogP contribution in [-0.4, -0.2) is 23.8 Å². The molecule has 1 saturated carbocycles. The van der Waals surface area contributed by atoms with Gasteiger partial charge >= 0.3 is 0 Å². The highest BCUT2D eigenvalue weighted by molar-refractivity contribution is 6.03. The largest absolute Gasteiger partial charge is 0.496 e. The highest BCUT2D eigenvalue weighted by atomic mass is 16.6. The second-order valence-electron chi connectivity index (χ2n) is 4.59. The van der Waals surface area contributed by atoms with E-state index < -0.39 is 5.79 Å². The third-order valence-corrected chi connectivity index (χ3v) is 3.45. The molecule has 4 heteroatoms. The predicted octanol–water partition coefficient (Wildman–Crippen LogP) is 1.91. The van der Waals surface area contributed by atoms with Crippen LogP contribution in [0.1, 0.15) is 24.8 Å². The van der Waals surface area contributed by atoms with E-state index in [4.69, 9.17) is 9.47 Å². The van der Waals surface area contributed by atoms with Gasteiger partial charge in [0.05, 0.1) is 18.2 Å². The van der Waals surface area contributed by atoms with Crippen molar-refractivity contribution in [3.05, 3.63) is 29.3 Å². The van der Waals surface area contributed by atoms with E-state index in [0.717, 1.165) is 5.56 Å². The van der Waals surface area contributed by atoms with Crippen molar-refractivity contribution in [1.29, 1.82) is 0 Å². The van der Waals surface area contributed by atoms with Crippen molar-refractivity contribution < 1.29 is 19.4 Å². The van der Waals surface area contributed by atoms with Gasteiger partial charge in [-0.1, -0.05) is 6.07 Å². The molecule has 1 atom stereocenters. The molecule has 1 aliphatic heterocycles. The first-order chi connectivity index (χ1) is 8.64. The number of hydrogen-bond donors (Lipinski definition) is 1. The Bertz CT molecular complexity index is 547. The number of carbonyl (C=O) groups is 1. The molecule has 1 unspecified atom stereocenters. The van der Waals surface area contributed by atoms with Crippen molar-refractivity contribution in [2.75, 3.05) is 7.11 Å². The van der Waals surface area contributed by atoms with Crippen molar-refractivity contribution in [3.63, 3.8) is 0 Å². The molecule has 1 aromatic rings. The molecular weight excluding hydrogens is 232 g/mol. The number of Topliss-reactive ketones (excluding diaryl/α,β-unsaturated/α-hetero) is 1. The molecule has 3 rings (SSSR count). The predicted molar refractivity (Wildman–Crippen MR) is 65.4 cm³/mol. The van der Waals surface area contributed by atoms with E-state index in [2.05, 4.69) is 0 Å². The fourth-order valence-corrected chi connectivity index (χ4v) is 2.53. The molecular formula is C14H14O4. The lowest BCUT2D eigenvalue weighted by atomic mass is 9.84. The fourth-order valence-electron chi connectivity index (χ4n) is 2.53. The van der Waals surface area contributed by atoms with Gasteiger partial charge in [0, 0.05) is 12.8 Å². The second-order valence-corrected chi connectivity index (χ2v) is 4.59. The maximum atomic E-state index is 11.9. The Hall–Kier alpha value is -1.81. The Morgan fingerprint density at radius 3 is 3.06 bits per heavy atom. The van der Waals surface area contributed by atoms with E-state index >= 15 is 0 Å². The van der Waals surface area contributed by atoms with Gasteiger partial charge in [-0.25, -0.2) is 0 Å². The van der Waals surface area contributed by atoms with Crippen LogP contribution in [-0.2, 0) is 4.79 Å². The quantitative estimate of drug-likeness (QED) is 0.822. The Balaban J connectivity index is 2.17. The number of ketones is 1. The fraction of sp³-hybridized carbons (Fsp3) is 0.357. The van der Waals surface area contributed by atoms with Crippen molar-refractivity contribution in [3.8, 4) is 11.5 Å². The smallest absolute Gasteiger partial charge is 0.238 e. The first kappa shape index (κ1) is 11.3. The highest BCUT2D eigenvalue weighted by Gasteiger charge is 2.44. The minimum atomic E-state index is -1.46. The van der Waals surface area contributed by atoms with Gasteiger partial charge in [0.1, 0.15) is 11.5 Å². The molecule has 2 aliphatic rings. The summed E-state index contributed by atoms with van der Waals surface area (Å²) in [7, 11) is 1.57. The van der Waals surface area contributed by atoms with Crippen molar-refractivity contribution in [2.24, 2.45) is 0 Å². The summed E-state index contributed by atoms with van der Waals surface area (Å²) in [5.74, 6) is -0.328. The van der Waals surface area contributed by atoms with Crippen LogP contribution in [0.3, 0.4) is 0 Å². The molecule has 0 spiro atoms. The van der Waals surface area contributed by atoms with Crippen molar-refractivity contribution in [2.45, 2.75) is 25.0 Å². The summed E-state index contributed by atoms with van der Waals surface area (Å²) < 4.78 is 10.9. The SMILES string of the molecule is COc1cccc2c1C=C1C(=O)CCCC1(O)O2. The monoisotopic (exact) mass is 246 g/mol. The average Bonchev–Trinajstić information content (AvgIpc) is 2.36. The zero-order chi connectivity index (χ0) is 12.8. The number of aliphatic hydroxyl groups is 1. The summed E-state index contributed by atoms with van der Waals surface area (Å²) in [6.45, 7) is 0. The van der Waals surface area contributed by atoms with Gasteiger partial charge in [-0.3, -0.25) is 4.79 Å². The van der Waals surface area contributed by atoms with E-state index in [-0.39, 0.29) is 5.78 Å². The van der Waals surface area contributed by atoms with Crippen LogP contribution in [0.5, 0.6) is 11.5 Å². The van der Waals surface area contributed by atoms with Gasteiger partial charge in [-0.05, 0) is 24.6 Å². The molecule has 1 heterocycles. The number of benzene rings is 1. The average molecular weight is 246 g/mol. The number of hydrogen-bond acceptors (Lipinski definition) is 4. The molecule has 1 N–H and O–H groups in total. The molecule has 0 amide bonds. The van der Waals surface area contributed by atoms with Crippen LogP contribution in [0.25, 0.3) is 6.08 Å². The molecule has 0 radical (unpaired) electrons. The number of ether oxygens (including phenoxy) is 2. The number of fused-ring (bicyclic) bond motifs is 2. The Labute approximate surface area is 105 Å². The van der Waals surface area contributed by atoms with Gasteiger partial charge in [-0.2, -0.15) is 0 Å². The summed E-state index contributed by atoms with van der Waals surface area (Å²) in [5, 5.41) is 10.4. The van der Waals surface area contributed by atoms with E-state index in [1.54, 1.807) is 31.4 Å². The van der Waals surface area contributed by atoms with Crippen LogP contribution >= 0.6 is 0 Å². The minimum Gasteiger partial charge on any atom is -0.496 e. The molecule has 94 valence electrons. The zero-order valence-electron chi connectivity index (χ0n) is 10.1. The lowest BCUT2D eigenvalue weighted by molar-refractivity contribution is -0.142. The third kappa shape index (κ3) is 1.53. The minimum absolute atomic E-state index is 0.0553. The maximum Gasteiger partial charge on any atom is 0.238 e. The third-order valence-electron chi connectivity index (χ3n) is 3.45. The molecule has 1 fully saturated rings. The van der Waals surface area contributed by atoms with Gasteiger partial charge in [-0.15, -0.1) is 0 Å². The lowest BCUT2D eigenvalue weighted by Crippen LogP contribution is -2.45. The Morgan fingerprint density at radius 1 is 1.44 bits per heavy atom. The lowest BCUT2D eigenvalue weighted by Gasteiger charge is -2.37. The normalized spacial score (nSPS) is 25.7. The molecule has 0 bridgehead atoms. The van der Waals surface area contributed by atoms with Crippen LogP contribution < -0.4 is 9.47 Å². The van der Waals surface area contributed by atoms with Crippen molar-refractivity contribution in [1.82, 2.24) is 0 Å². The van der Waals surface area contributed by atoms with E-state index in [9.17, 15) is 9.90 Å². The summed E-state index contributed by atoms with van der Waals surface area (Å²) in [6, 6.07) is 5.36. The van der Waals surface area contributed by atoms with Crippen LogP contribution in [0, 0.1) is 0 Å². The number of carbonyl (C=O) groups excluding carboxylic acids is 1. The van der Waals surface area contributed by atoms with Crippen molar-refractivity contribution >= 4 is 11.9 Å². The summed E-state index contributed by atoms with van der Waals surface area (Å²) in [4.78, 5) is 11.9. The van der Waals surface area contributed by atoms with Gasteiger partial charge in [0.15, 0.2) is 5.78 Å². The summed E-state index contributed by atoms with van der Waals surface area (Å²) in [6.07, 6.45) is 3.24. The molecule has 18 heavy (non-hydrogen) atoms. The topological polar surface area (TPSA) is 55.8 Å². The Morgan fingerprint density at radius 2 is 2.28 bits per heavy atom. The highest BCUT2D eigenvalue weighted by Crippen LogP contribution is 2.43. The van der Waals surface area contributed by atoms with Gasteiger partial charge in [0.2, 0.25) is 5.79 Å². The Kier molecular flexibility index (Phi) is 2.41. The molecule has 4 nitrogen and oxygen atoms in total. The second kappa shape index (κ2) is 3.85. The molecule has 0 saturated heterocycles. The van der Waals surface area contributed by atoms with Gasteiger partial charge in [0.25, 0.3) is 0 Å². The van der Waals surface area contributed by atoms with Gasteiger partial charge < -0.3 is 14.6 Å². The summed E-state index contributed by atoms with van der Waals surface area (Å²) in [5.41, 5.74) is 1.06. The zero-order valence-corrected chi connectivity index (χ0v) is 10.1. The van der Waals surface area contributed by atoms with E-state index in [1.165, 1.54) is 0 Å². The van der Waals surface area contributed by atoms with E-state index in [1.807, 2.05) is 0 Å². The molecule has 1 aromatic carbocycles. The maximum absolute atomic E-state index is 11.9. The first-order valence-corrected chi connectivity index (χ1v) is 5.98. The first-order valence-electron chi connectivity index (χ1n) is 5.98. The standard InChI is InChI=1S/C14H14O4/c1-17-12-5-2-6-13-9(12)8-10-11(15)4-3-7-14(10,16)18-13/h2,5-6,8,16H,3-4,7H2,1H3. The summed E-state index contributed by atoms with van der Waals surface area (Å²) >= 11 is 0. The van der Waals surface area contributed by atoms with Crippen LogP contribution in [0.2, 0.25) is 0 Å². The number of methoxy groups -OCH3 is 1. The molecule has 0 aromatic heterocycles. The van der Waals surface area contributed by atoms with E-state index in [0.29, 0.717) is 36.3 Å².